The first-order valence-electron chi connectivity index (χ1n) is 8.69. The Bertz CT molecular complexity index is 869. The predicted octanol–water partition coefficient (Wildman–Crippen LogP) is 3.37. The Morgan fingerprint density at radius 2 is 2.16 bits per heavy atom. The molecule has 1 saturated heterocycles. The van der Waals surface area contributed by atoms with E-state index in [0.717, 1.165) is 19.3 Å². The number of hydrogen-bond acceptors (Lipinski definition) is 3. The molecule has 0 unspecified atom stereocenters. The number of hydrogen-bond donors (Lipinski definition) is 1. The predicted molar refractivity (Wildman–Crippen MR) is 91.1 cm³/mol. The number of nitrogens with zero attached hydrogens (tertiary/aromatic N) is 2. The van der Waals surface area contributed by atoms with Gasteiger partial charge in [0.05, 0.1) is 12.1 Å². The second-order valence-corrected chi connectivity index (χ2v) is 7.05. The fourth-order valence-electron chi connectivity index (χ4n) is 4.13. The molecule has 0 radical (unpaired) electrons. The highest BCUT2D eigenvalue weighted by atomic mass is 19.1. The summed E-state index contributed by atoms with van der Waals surface area (Å²) in [5.41, 5.74) is 0.375. The third-order valence-corrected chi connectivity index (χ3v) is 5.63. The van der Waals surface area contributed by atoms with Crippen LogP contribution in [0.5, 0.6) is 0 Å². The number of halogens is 1. The Morgan fingerprint density at radius 1 is 1.32 bits per heavy atom. The molecule has 130 valence electrons. The van der Waals surface area contributed by atoms with Crippen molar-refractivity contribution in [3.05, 3.63) is 41.8 Å². The monoisotopic (exact) mass is 341 g/mol. The fourth-order valence-corrected chi connectivity index (χ4v) is 4.13. The van der Waals surface area contributed by atoms with Crippen LogP contribution in [0.2, 0.25) is 0 Å². The summed E-state index contributed by atoms with van der Waals surface area (Å²) >= 11 is 0. The number of carbonyl (C=O) groups is 2. The fraction of sp³-hybridized carbons (Fsp3) is 0.421. The van der Waals surface area contributed by atoms with E-state index >= 15 is 0 Å². The average Bonchev–Trinajstić information content (AvgIpc) is 2.85. The summed E-state index contributed by atoms with van der Waals surface area (Å²) < 4.78 is 14.0. The molecule has 1 aliphatic carbocycles. The maximum absolute atomic E-state index is 14.0. The largest absolute Gasteiger partial charge is 0.325 e. The van der Waals surface area contributed by atoms with Crippen molar-refractivity contribution >= 4 is 22.8 Å². The summed E-state index contributed by atoms with van der Waals surface area (Å²) in [6.07, 6.45) is 5.21. The maximum atomic E-state index is 14.0. The summed E-state index contributed by atoms with van der Waals surface area (Å²) in [7, 11) is 0. The average molecular weight is 341 g/mol. The van der Waals surface area contributed by atoms with Crippen molar-refractivity contribution in [2.75, 3.05) is 0 Å². The summed E-state index contributed by atoms with van der Waals surface area (Å²) in [4.78, 5) is 31.1. The Hall–Kier alpha value is -2.50. The number of amides is 3. The number of rotatable bonds is 2. The topological polar surface area (TPSA) is 62.3 Å². The Kier molecular flexibility index (Phi) is 3.71. The van der Waals surface area contributed by atoms with Crippen LogP contribution in [0.3, 0.4) is 0 Å². The molecular formula is C19H20FN3O2. The van der Waals surface area contributed by atoms with Gasteiger partial charge in [0.1, 0.15) is 11.4 Å². The highest BCUT2D eigenvalue weighted by Crippen LogP contribution is 2.38. The molecule has 2 heterocycles. The quantitative estimate of drug-likeness (QED) is 0.852. The lowest BCUT2D eigenvalue weighted by Gasteiger charge is -2.36. The van der Waals surface area contributed by atoms with Crippen LogP contribution in [0, 0.1) is 11.7 Å². The normalized spacial score (nSPS) is 26.5. The van der Waals surface area contributed by atoms with Gasteiger partial charge in [-0.3, -0.25) is 14.7 Å². The summed E-state index contributed by atoms with van der Waals surface area (Å²) in [5, 5.41) is 3.34. The Morgan fingerprint density at radius 3 is 2.96 bits per heavy atom. The van der Waals surface area contributed by atoms with E-state index in [1.54, 1.807) is 24.4 Å². The van der Waals surface area contributed by atoms with E-state index in [-0.39, 0.29) is 30.2 Å². The Balaban J connectivity index is 1.69. The number of urea groups is 1. The summed E-state index contributed by atoms with van der Waals surface area (Å²) in [6.45, 7) is 2.13. The number of pyridine rings is 1. The number of benzene rings is 1. The third kappa shape index (κ3) is 2.39. The van der Waals surface area contributed by atoms with E-state index < -0.39 is 5.54 Å². The van der Waals surface area contributed by atoms with E-state index in [2.05, 4.69) is 10.3 Å². The molecule has 5 nitrogen and oxygen atoms in total. The lowest BCUT2D eigenvalue weighted by Crippen LogP contribution is -2.53. The molecule has 0 bridgehead atoms. The molecule has 1 aromatic heterocycles. The molecule has 2 atom stereocenters. The molecule has 3 amide bonds. The molecule has 2 aromatic rings. The smallest absolute Gasteiger partial charge is 0.323 e. The molecular weight excluding hydrogens is 321 g/mol. The SMILES string of the molecule is C[C@H]1CCCC[C@]12NC(=O)N(Cc1ccc(F)c3cccnc13)C2=O. The third-order valence-electron chi connectivity index (χ3n) is 5.63. The first kappa shape index (κ1) is 16.0. The van der Waals surface area contributed by atoms with Crippen LogP contribution >= 0.6 is 0 Å². The van der Waals surface area contributed by atoms with Crippen molar-refractivity contribution in [1.82, 2.24) is 15.2 Å². The standard InChI is InChI=1S/C19H20FN3O2/c1-12-5-2-3-9-19(12)17(24)23(18(25)22-19)11-13-7-8-15(20)14-6-4-10-21-16(13)14/h4,6-8,10,12H,2-3,5,9,11H2,1H3,(H,22,25)/t12-,19-/m0/s1. The first-order chi connectivity index (χ1) is 12.0. The summed E-state index contributed by atoms with van der Waals surface area (Å²) in [6, 6.07) is 5.91. The van der Waals surface area contributed by atoms with Crippen LogP contribution in [0.25, 0.3) is 10.9 Å². The van der Waals surface area contributed by atoms with E-state index in [1.807, 2.05) is 6.92 Å². The van der Waals surface area contributed by atoms with Crippen molar-refractivity contribution in [3.8, 4) is 0 Å². The van der Waals surface area contributed by atoms with Gasteiger partial charge in [-0.25, -0.2) is 9.18 Å². The van der Waals surface area contributed by atoms with E-state index in [9.17, 15) is 14.0 Å². The molecule has 1 N–H and O–H groups in total. The van der Waals surface area contributed by atoms with Crippen LogP contribution in [0.1, 0.15) is 38.2 Å². The van der Waals surface area contributed by atoms with Crippen molar-refractivity contribution in [2.45, 2.75) is 44.7 Å². The number of imide groups is 1. The van der Waals surface area contributed by atoms with Gasteiger partial charge >= 0.3 is 6.03 Å². The number of nitrogens with one attached hydrogen (secondary N) is 1. The maximum Gasteiger partial charge on any atom is 0.325 e. The molecule has 1 spiro atoms. The van der Waals surface area contributed by atoms with Crippen LogP contribution in [0.15, 0.2) is 30.5 Å². The van der Waals surface area contributed by atoms with Crippen molar-refractivity contribution in [1.29, 1.82) is 0 Å². The molecule has 25 heavy (non-hydrogen) atoms. The van der Waals surface area contributed by atoms with Gasteiger partial charge in [0.2, 0.25) is 0 Å². The Labute approximate surface area is 145 Å². The molecule has 2 fully saturated rings. The van der Waals surface area contributed by atoms with Gasteiger partial charge in [-0.2, -0.15) is 0 Å². The number of aromatic nitrogens is 1. The number of carbonyl (C=O) groups excluding carboxylic acids is 2. The molecule has 2 aliphatic rings. The highest BCUT2D eigenvalue weighted by molar-refractivity contribution is 6.07. The van der Waals surface area contributed by atoms with E-state index in [4.69, 9.17) is 0 Å². The zero-order valence-electron chi connectivity index (χ0n) is 14.1. The zero-order chi connectivity index (χ0) is 17.6. The molecule has 1 saturated carbocycles. The zero-order valence-corrected chi connectivity index (χ0v) is 14.1. The van der Waals surface area contributed by atoms with E-state index in [1.165, 1.54) is 11.0 Å². The lowest BCUT2D eigenvalue weighted by atomic mass is 9.73. The van der Waals surface area contributed by atoms with Crippen LogP contribution in [-0.2, 0) is 11.3 Å². The lowest BCUT2D eigenvalue weighted by molar-refractivity contribution is -0.134. The second-order valence-electron chi connectivity index (χ2n) is 7.05. The molecule has 4 rings (SSSR count). The van der Waals surface area contributed by atoms with Gasteiger partial charge in [0.25, 0.3) is 5.91 Å². The van der Waals surface area contributed by atoms with Gasteiger partial charge in [-0.05, 0) is 42.5 Å². The second kappa shape index (κ2) is 5.79. The molecule has 1 aliphatic heterocycles. The van der Waals surface area contributed by atoms with Gasteiger partial charge in [0.15, 0.2) is 0 Å². The number of fused-ring (bicyclic) bond motifs is 1. The van der Waals surface area contributed by atoms with Crippen LogP contribution in [0.4, 0.5) is 9.18 Å². The van der Waals surface area contributed by atoms with Gasteiger partial charge in [-0.1, -0.05) is 25.8 Å². The minimum Gasteiger partial charge on any atom is -0.323 e. The summed E-state index contributed by atoms with van der Waals surface area (Å²) in [5.74, 6) is -0.412. The van der Waals surface area contributed by atoms with Crippen LogP contribution < -0.4 is 5.32 Å². The van der Waals surface area contributed by atoms with Gasteiger partial charge in [0, 0.05) is 11.6 Å². The molecule has 6 heteroatoms. The minimum absolute atomic E-state index is 0.104. The van der Waals surface area contributed by atoms with Crippen molar-refractivity contribution in [3.63, 3.8) is 0 Å². The first-order valence-corrected chi connectivity index (χ1v) is 8.69. The minimum atomic E-state index is -0.779. The van der Waals surface area contributed by atoms with Crippen molar-refractivity contribution < 1.29 is 14.0 Å². The van der Waals surface area contributed by atoms with Crippen molar-refractivity contribution in [2.24, 2.45) is 5.92 Å². The van der Waals surface area contributed by atoms with Gasteiger partial charge in [-0.15, -0.1) is 0 Å². The van der Waals surface area contributed by atoms with Gasteiger partial charge < -0.3 is 5.32 Å². The van der Waals surface area contributed by atoms with Crippen LogP contribution in [-0.4, -0.2) is 27.4 Å². The molecule has 1 aromatic carbocycles. The van der Waals surface area contributed by atoms with E-state index in [0.29, 0.717) is 22.9 Å². The highest BCUT2D eigenvalue weighted by Gasteiger charge is 2.54.